The summed E-state index contributed by atoms with van der Waals surface area (Å²) in [5.74, 6) is -0.129. The molecule has 0 bridgehead atoms. The minimum Gasteiger partial charge on any atom is -0.493 e. The second-order valence-electron chi connectivity index (χ2n) is 6.43. The van der Waals surface area contributed by atoms with Crippen molar-refractivity contribution >= 4 is 23.8 Å². The number of hydrogen-bond acceptors (Lipinski definition) is 7. The molecule has 2 aromatic carbocycles. The fourth-order valence-electron chi connectivity index (χ4n) is 2.70. The molecule has 3 aromatic rings. The zero-order valence-corrected chi connectivity index (χ0v) is 16.5. The molecule has 0 saturated carbocycles. The second-order valence-corrected chi connectivity index (χ2v) is 6.43. The lowest BCUT2D eigenvalue weighted by Crippen LogP contribution is -2.25. The van der Waals surface area contributed by atoms with Crippen LogP contribution in [0.25, 0.3) is 12.2 Å². The summed E-state index contributed by atoms with van der Waals surface area (Å²) in [5, 5.41) is 11.1. The van der Waals surface area contributed by atoms with Gasteiger partial charge in [-0.25, -0.2) is 9.59 Å². The number of carbonyl (C=O) groups is 1. The minimum absolute atomic E-state index is 0.181. The van der Waals surface area contributed by atoms with Crippen molar-refractivity contribution in [2.24, 2.45) is 0 Å². The van der Waals surface area contributed by atoms with Crippen LogP contribution in [0.5, 0.6) is 11.5 Å². The third kappa shape index (κ3) is 4.93. The molecule has 0 spiro atoms. The van der Waals surface area contributed by atoms with E-state index < -0.39 is 27.8 Å². The van der Waals surface area contributed by atoms with Gasteiger partial charge in [0, 0.05) is 0 Å². The summed E-state index contributed by atoms with van der Waals surface area (Å²) < 4.78 is 10.7. The Bertz CT molecular complexity index is 1290. The lowest BCUT2D eigenvalue weighted by Gasteiger charge is -2.10. The Morgan fingerprint density at radius 2 is 1.74 bits per heavy atom. The topological polar surface area (TPSA) is 144 Å². The molecule has 0 aliphatic rings. The van der Waals surface area contributed by atoms with Crippen LogP contribution in [0.1, 0.15) is 27.2 Å². The van der Waals surface area contributed by atoms with E-state index in [-0.39, 0.29) is 17.2 Å². The average Bonchev–Trinajstić information content (AvgIpc) is 2.72. The van der Waals surface area contributed by atoms with E-state index in [0.29, 0.717) is 11.1 Å². The number of hydrogen-bond donors (Lipinski definition) is 2. The highest BCUT2D eigenvalue weighted by molar-refractivity contribution is 5.91. The van der Waals surface area contributed by atoms with E-state index in [0.717, 1.165) is 5.56 Å². The molecule has 0 aliphatic heterocycles. The molecule has 3 rings (SSSR count). The van der Waals surface area contributed by atoms with Crippen LogP contribution in [-0.2, 0) is 0 Å². The first-order chi connectivity index (χ1) is 14.8. The summed E-state index contributed by atoms with van der Waals surface area (Å²) in [4.78, 5) is 49.7. The number of ether oxygens (including phenoxy) is 2. The van der Waals surface area contributed by atoms with Crippen molar-refractivity contribution in [3.8, 4) is 11.5 Å². The maximum Gasteiger partial charge on any atom is 0.357 e. The van der Waals surface area contributed by atoms with Crippen molar-refractivity contribution in [2.45, 2.75) is 6.92 Å². The summed E-state index contributed by atoms with van der Waals surface area (Å²) in [7, 11) is 1.39. The number of nitrogens with one attached hydrogen (secondary N) is 2. The fourth-order valence-corrected chi connectivity index (χ4v) is 2.70. The first kappa shape index (κ1) is 21.2. The lowest BCUT2D eigenvalue weighted by atomic mass is 10.1. The molecule has 2 N–H and O–H groups in total. The van der Waals surface area contributed by atoms with Crippen molar-refractivity contribution in [3.63, 3.8) is 0 Å². The molecule has 158 valence electrons. The van der Waals surface area contributed by atoms with Crippen molar-refractivity contribution in [1.29, 1.82) is 0 Å². The zero-order chi connectivity index (χ0) is 22.5. The highest BCUT2D eigenvalue weighted by atomic mass is 16.6. The number of aromatic nitrogens is 2. The van der Waals surface area contributed by atoms with Gasteiger partial charge in [-0.15, -0.1) is 0 Å². The summed E-state index contributed by atoms with van der Waals surface area (Å²) in [6.07, 6.45) is 2.66. The number of nitrogens with zero attached hydrogens (tertiary/aromatic N) is 1. The van der Waals surface area contributed by atoms with Gasteiger partial charge in [-0.3, -0.25) is 19.9 Å². The third-order valence-electron chi connectivity index (χ3n) is 4.25. The summed E-state index contributed by atoms with van der Waals surface area (Å²) >= 11 is 0. The predicted molar refractivity (Wildman–Crippen MR) is 112 cm³/mol. The molecule has 0 radical (unpaired) electrons. The Labute approximate surface area is 174 Å². The molecule has 10 heteroatoms. The number of carbonyl (C=O) groups excluding carboxylic acids is 1. The molecule has 0 saturated heterocycles. The molecule has 0 atom stereocenters. The van der Waals surface area contributed by atoms with Crippen LogP contribution in [0.15, 0.2) is 52.1 Å². The number of methoxy groups -OCH3 is 1. The van der Waals surface area contributed by atoms with Gasteiger partial charge in [-0.2, -0.15) is 0 Å². The van der Waals surface area contributed by atoms with Crippen LogP contribution in [0, 0.1) is 17.0 Å². The molecule has 1 aromatic heterocycles. The van der Waals surface area contributed by atoms with Crippen molar-refractivity contribution < 1.29 is 19.2 Å². The molecule has 0 amide bonds. The second kappa shape index (κ2) is 8.91. The number of aryl methyl sites for hydroxylation is 1. The van der Waals surface area contributed by atoms with Gasteiger partial charge in [0.1, 0.15) is 5.69 Å². The number of aromatic amines is 2. The Hall–Kier alpha value is -4.47. The summed E-state index contributed by atoms with van der Waals surface area (Å²) in [5.41, 5.74) is -1.12. The highest BCUT2D eigenvalue weighted by Crippen LogP contribution is 2.29. The van der Waals surface area contributed by atoms with Gasteiger partial charge in [-0.1, -0.05) is 29.8 Å². The van der Waals surface area contributed by atoms with Gasteiger partial charge in [0.05, 0.1) is 17.6 Å². The van der Waals surface area contributed by atoms with Crippen LogP contribution >= 0.6 is 0 Å². The summed E-state index contributed by atoms with van der Waals surface area (Å²) in [6.45, 7) is 1.90. The van der Waals surface area contributed by atoms with Crippen LogP contribution in [-0.4, -0.2) is 28.0 Å². The van der Waals surface area contributed by atoms with Gasteiger partial charge < -0.3 is 14.5 Å². The minimum atomic E-state index is -1.11. The molecular weight excluding hydrogens is 406 g/mol. The van der Waals surface area contributed by atoms with Gasteiger partial charge >= 0.3 is 22.9 Å². The van der Waals surface area contributed by atoms with E-state index in [1.807, 2.05) is 11.9 Å². The largest absolute Gasteiger partial charge is 0.493 e. The maximum atomic E-state index is 12.3. The highest BCUT2D eigenvalue weighted by Gasteiger charge is 2.19. The van der Waals surface area contributed by atoms with Crippen molar-refractivity contribution in [2.75, 3.05) is 7.11 Å². The molecule has 10 nitrogen and oxygen atoms in total. The predicted octanol–water partition coefficient (Wildman–Crippen LogP) is 2.68. The smallest absolute Gasteiger partial charge is 0.357 e. The van der Waals surface area contributed by atoms with Crippen molar-refractivity contribution in [3.05, 3.63) is 95.8 Å². The van der Waals surface area contributed by atoms with Gasteiger partial charge in [0.15, 0.2) is 11.5 Å². The normalized spacial score (nSPS) is 10.8. The summed E-state index contributed by atoms with van der Waals surface area (Å²) in [6, 6.07) is 11.5. The molecule has 0 fully saturated rings. The van der Waals surface area contributed by atoms with Gasteiger partial charge in [0.2, 0.25) is 0 Å². The number of benzene rings is 2. The fraction of sp³-hybridized carbons (Fsp3) is 0.0952. The SMILES string of the molecule is COc1cc(/C=C/c2[nH]c(=O)[nH]c(=O)c2[N+](=O)[O-])ccc1OC(=O)c1ccc(C)cc1. The monoisotopic (exact) mass is 423 g/mol. The van der Waals surface area contributed by atoms with Crippen LogP contribution in [0.2, 0.25) is 0 Å². The van der Waals surface area contributed by atoms with E-state index in [2.05, 4.69) is 4.98 Å². The molecule has 0 unspecified atom stereocenters. The Kier molecular flexibility index (Phi) is 6.10. The zero-order valence-electron chi connectivity index (χ0n) is 16.5. The average molecular weight is 423 g/mol. The van der Waals surface area contributed by atoms with E-state index in [1.165, 1.54) is 31.4 Å². The third-order valence-corrected chi connectivity index (χ3v) is 4.25. The first-order valence-electron chi connectivity index (χ1n) is 8.94. The quantitative estimate of drug-likeness (QED) is 0.268. The van der Waals surface area contributed by atoms with Crippen LogP contribution < -0.4 is 20.7 Å². The number of nitro groups is 1. The Balaban J connectivity index is 1.88. The van der Waals surface area contributed by atoms with E-state index >= 15 is 0 Å². The van der Waals surface area contributed by atoms with Crippen LogP contribution in [0.4, 0.5) is 5.69 Å². The van der Waals surface area contributed by atoms with Crippen LogP contribution in [0.3, 0.4) is 0 Å². The lowest BCUT2D eigenvalue weighted by molar-refractivity contribution is -0.386. The molecule has 31 heavy (non-hydrogen) atoms. The number of rotatable bonds is 6. The van der Waals surface area contributed by atoms with Gasteiger partial charge in [0.25, 0.3) is 0 Å². The molecule has 0 aliphatic carbocycles. The Morgan fingerprint density at radius 1 is 1.03 bits per heavy atom. The van der Waals surface area contributed by atoms with E-state index in [4.69, 9.17) is 9.47 Å². The number of esters is 1. The Morgan fingerprint density at radius 3 is 2.39 bits per heavy atom. The first-order valence-corrected chi connectivity index (χ1v) is 8.94. The molecular formula is C21H17N3O7. The van der Waals surface area contributed by atoms with Gasteiger partial charge in [-0.05, 0) is 42.8 Å². The standard InChI is InChI=1S/C21H17N3O7/c1-12-3-7-14(8-4-12)20(26)31-16-10-6-13(11-17(16)30-2)5-9-15-18(24(28)29)19(25)23-21(27)22-15/h3-11H,1-2H3,(H2,22,23,25,27)/b9-5+. The van der Waals surface area contributed by atoms with E-state index in [1.54, 1.807) is 30.3 Å². The van der Waals surface area contributed by atoms with Crippen molar-refractivity contribution in [1.82, 2.24) is 9.97 Å². The number of H-pyrrole nitrogens is 2. The van der Waals surface area contributed by atoms with E-state index in [9.17, 15) is 24.5 Å². The maximum absolute atomic E-state index is 12.3. The molecule has 1 heterocycles.